The second-order valence-corrected chi connectivity index (χ2v) is 9.98. The Hall–Kier alpha value is -1.65. The zero-order valence-electron chi connectivity index (χ0n) is 16.4. The molecule has 1 amide bonds. The monoisotopic (exact) mass is 581 g/mol. The van der Waals surface area contributed by atoms with Gasteiger partial charge in [-0.25, -0.2) is 4.98 Å². The molecule has 156 valence electrons. The van der Waals surface area contributed by atoms with E-state index < -0.39 is 0 Å². The number of alkyl halides is 1. The SMILES string of the molecule is COc1ccc(-c2nc3c(C(=O)NC4C5CCN(CC5)C4I)cc(Br)cc3o2)cc1. The van der Waals surface area contributed by atoms with Crippen LogP contribution in [0.2, 0.25) is 0 Å². The van der Waals surface area contributed by atoms with Crippen molar-refractivity contribution in [3.05, 3.63) is 46.4 Å². The second-order valence-electron chi connectivity index (χ2n) is 7.79. The molecule has 0 radical (unpaired) electrons. The summed E-state index contributed by atoms with van der Waals surface area (Å²) in [6.45, 7) is 2.25. The molecule has 2 aromatic carbocycles. The number of methoxy groups -OCH3 is 1. The van der Waals surface area contributed by atoms with Gasteiger partial charge >= 0.3 is 0 Å². The standard InChI is InChI=1S/C22H21BrIN3O3/c1-29-15-4-2-13(3-5-15)22-26-19-16(10-14(23)11-17(19)30-22)21(28)25-18-12-6-8-27(9-7-12)20(18)24/h2-5,10-12,18,20H,6-9H2,1H3,(H,25,28). The number of hydrogen-bond donors (Lipinski definition) is 1. The van der Waals surface area contributed by atoms with Crippen molar-refractivity contribution >= 4 is 55.5 Å². The van der Waals surface area contributed by atoms with E-state index in [-0.39, 0.29) is 11.9 Å². The van der Waals surface area contributed by atoms with E-state index in [1.54, 1.807) is 7.11 Å². The van der Waals surface area contributed by atoms with Crippen LogP contribution in [0, 0.1) is 5.92 Å². The number of rotatable bonds is 4. The van der Waals surface area contributed by atoms with Crippen LogP contribution in [0.3, 0.4) is 0 Å². The van der Waals surface area contributed by atoms with E-state index in [9.17, 15) is 4.79 Å². The number of piperidine rings is 3. The molecule has 3 saturated heterocycles. The van der Waals surface area contributed by atoms with Crippen LogP contribution in [0.25, 0.3) is 22.6 Å². The van der Waals surface area contributed by atoms with Crippen molar-refractivity contribution in [2.75, 3.05) is 20.2 Å². The van der Waals surface area contributed by atoms with E-state index in [1.807, 2.05) is 36.4 Å². The Morgan fingerprint density at radius 1 is 1.27 bits per heavy atom. The van der Waals surface area contributed by atoms with Gasteiger partial charge in [0.15, 0.2) is 5.58 Å². The van der Waals surface area contributed by atoms with Crippen molar-refractivity contribution in [1.29, 1.82) is 0 Å². The predicted molar refractivity (Wildman–Crippen MR) is 127 cm³/mol. The number of oxazole rings is 1. The lowest BCUT2D eigenvalue weighted by molar-refractivity contribution is 0.0554. The lowest BCUT2D eigenvalue weighted by atomic mass is 9.84. The highest BCUT2D eigenvalue weighted by molar-refractivity contribution is 14.1. The first-order chi connectivity index (χ1) is 14.5. The number of aromatic nitrogens is 1. The summed E-state index contributed by atoms with van der Waals surface area (Å²) in [5.74, 6) is 1.69. The van der Waals surface area contributed by atoms with Crippen LogP contribution in [0.1, 0.15) is 23.2 Å². The van der Waals surface area contributed by atoms with Crippen molar-refractivity contribution in [2.24, 2.45) is 5.92 Å². The molecule has 3 aromatic rings. The second kappa shape index (κ2) is 8.12. The molecule has 4 heterocycles. The smallest absolute Gasteiger partial charge is 0.253 e. The van der Waals surface area contributed by atoms with Gasteiger partial charge in [-0.1, -0.05) is 38.5 Å². The van der Waals surface area contributed by atoms with Crippen molar-refractivity contribution in [3.8, 4) is 17.2 Å². The normalized spacial score (nSPS) is 25.4. The fourth-order valence-corrected chi connectivity index (χ4v) is 6.18. The van der Waals surface area contributed by atoms with Crippen molar-refractivity contribution in [3.63, 3.8) is 0 Å². The third-order valence-electron chi connectivity index (χ3n) is 6.07. The molecule has 0 saturated carbocycles. The molecule has 0 spiro atoms. The molecule has 2 atom stereocenters. The van der Waals surface area contributed by atoms with Crippen LogP contribution in [0.4, 0.5) is 0 Å². The van der Waals surface area contributed by atoms with Crippen LogP contribution in [0.15, 0.2) is 45.3 Å². The van der Waals surface area contributed by atoms with E-state index in [1.165, 1.54) is 0 Å². The summed E-state index contributed by atoms with van der Waals surface area (Å²) in [5.41, 5.74) is 2.52. The average Bonchev–Trinajstić information content (AvgIpc) is 3.19. The molecule has 30 heavy (non-hydrogen) atoms. The third-order valence-corrected chi connectivity index (χ3v) is 8.09. The van der Waals surface area contributed by atoms with Crippen molar-refractivity contribution in [1.82, 2.24) is 15.2 Å². The lowest BCUT2D eigenvalue weighted by Gasteiger charge is -2.48. The molecule has 1 N–H and O–H groups in total. The maximum absolute atomic E-state index is 13.3. The number of halogens is 2. The van der Waals surface area contributed by atoms with Crippen LogP contribution < -0.4 is 10.1 Å². The van der Waals surface area contributed by atoms with Gasteiger partial charge in [-0.05, 0) is 68.2 Å². The molecule has 1 aromatic heterocycles. The van der Waals surface area contributed by atoms with Gasteiger partial charge in [0.25, 0.3) is 5.91 Å². The summed E-state index contributed by atoms with van der Waals surface area (Å²) >= 11 is 5.98. The van der Waals surface area contributed by atoms with Crippen molar-refractivity contribution in [2.45, 2.75) is 22.9 Å². The van der Waals surface area contributed by atoms with Gasteiger partial charge in [0, 0.05) is 10.0 Å². The number of nitrogens with one attached hydrogen (secondary N) is 1. The fraction of sp³-hybridized carbons (Fsp3) is 0.364. The Kier molecular flexibility index (Phi) is 5.49. The highest BCUT2D eigenvalue weighted by atomic mass is 127. The Labute approximate surface area is 196 Å². The predicted octanol–water partition coefficient (Wildman–Crippen LogP) is 4.85. The number of hydrogen-bond acceptors (Lipinski definition) is 5. The fourth-order valence-electron chi connectivity index (χ4n) is 4.42. The largest absolute Gasteiger partial charge is 0.497 e. The van der Waals surface area contributed by atoms with Gasteiger partial charge in [0.2, 0.25) is 5.89 Å². The Bertz CT molecular complexity index is 1090. The molecular weight excluding hydrogens is 561 g/mol. The summed E-state index contributed by atoms with van der Waals surface area (Å²) in [7, 11) is 1.63. The number of nitrogens with zero attached hydrogens (tertiary/aromatic N) is 2. The first-order valence-corrected chi connectivity index (χ1v) is 12.0. The molecule has 3 aliphatic heterocycles. The van der Waals surface area contributed by atoms with E-state index in [0.717, 1.165) is 41.7 Å². The number of ether oxygens (including phenoxy) is 1. The minimum Gasteiger partial charge on any atom is -0.497 e. The minimum absolute atomic E-state index is 0.101. The molecule has 3 fully saturated rings. The van der Waals surface area contributed by atoms with Crippen LogP contribution in [0.5, 0.6) is 5.75 Å². The molecule has 6 rings (SSSR count). The number of carbonyl (C=O) groups is 1. The number of fused-ring (bicyclic) bond motifs is 4. The van der Waals surface area contributed by atoms with Crippen LogP contribution in [-0.2, 0) is 0 Å². The average molecular weight is 582 g/mol. The zero-order chi connectivity index (χ0) is 20.8. The summed E-state index contributed by atoms with van der Waals surface area (Å²) < 4.78 is 12.3. The van der Waals surface area contributed by atoms with Gasteiger partial charge < -0.3 is 14.5 Å². The maximum atomic E-state index is 13.3. The van der Waals surface area contributed by atoms with Crippen molar-refractivity contribution < 1.29 is 13.9 Å². The summed E-state index contributed by atoms with van der Waals surface area (Å²) in [4.78, 5) is 20.4. The topological polar surface area (TPSA) is 67.6 Å². The summed E-state index contributed by atoms with van der Waals surface area (Å²) in [5, 5.41) is 3.29. The number of benzene rings is 2. The zero-order valence-corrected chi connectivity index (χ0v) is 20.1. The summed E-state index contributed by atoms with van der Waals surface area (Å²) in [6.07, 6.45) is 2.29. The number of carbonyl (C=O) groups excluding carboxylic acids is 1. The third kappa shape index (κ3) is 3.62. The molecule has 2 bridgehead atoms. The van der Waals surface area contributed by atoms with E-state index in [2.05, 4.69) is 53.7 Å². The molecular formula is C22H21BrIN3O3. The molecule has 8 heteroatoms. The molecule has 0 aliphatic carbocycles. The molecule has 6 nitrogen and oxygen atoms in total. The van der Waals surface area contributed by atoms with E-state index in [4.69, 9.17) is 9.15 Å². The minimum atomic E-state index is -0.101. The highest BCUT2D eigenvalue weighted by Gasteiger charge is 2.41. The van der Waals surface area contributed by atoms with Gasteiger partial charge in [0.1, 0.15) is 11.3 Å². The van der Waals surface area contributed by atoms with Gasteiger partial charge in [-0.2, -0.15) is 0 Å². The quantitative estimate of drug-likeness (QED) is 0.271. The Balaban J connectivity index is 1.47. The maximum Gasteiger partial charge on any atom is 0.253 e. The van der Waals surface area contributed by atoms with Gasteiger partial charge in [0.05, 0.1) is 22.8 Å². The van der Waals surface area contributed by atoms with Gasteiger partial charge in [-0.15, -0.1) is 0 Å². The Morgan fingerprint density at radius 2 is 2.00 bits per heavy atom. The highest BCUT2D eigenvalue weighted by Crippen LogP contribution is 2.36. The first kappa shape index (κ1) is 20.3. The van der Waals surface area contributed by atoms with E-state index in [0.29, 0.717) is 32.5 Å². The van der Waals surface area contributed by atoms with Crippen LogP contribution in [-0.4, -0.2) is 46.1 Å². The molecule has 3 aliphatic rings. The number of amides is 1. The first-order valence-electron chi connectivity index (χ1n) is 9.97. The van der Waals surface area contributed by atoms with Crippen LogP contribution >= 0.6 is 38.5 Å². The molecule has 2 unspecified atom stereocenters. The lowest BCUT2D eigenvalue weighted by Crippen LogP contribution is -2.61. The van der Waals surface area contributed by atoms with Gasteiger partial charge in [-0.3, -0.25) is 9.69 Å². The van der Waals surface area contributed by atoms with E-state index >= 15 is 0 Å². The summed E-state index contributed by atoms with van der Waals surface area (Å²) in [6, 6.07) is 11.3. The Morgan fingerprint density at radius 3 is 2.67 bits per heavy atom.